The number of carbonyl (C=O) groups excluding carboxylic acids is 1. The number of aromatic nitrogens is 2. The lowest BCUT2D eigenvalue weighted by molar-refractivity contribution is 0.0932. The molecule has 0 spiro atoms. The number of hydrogen-bond acceptors (Lipinski definition) is 3. The second-order valence-corrected chi connectivity index (χ2v) is 4.43. The number of halogens is 1. The standard InChI is InChI=1S/C14H14FN3O2/c1-9(10-4-3-5-11(15)8-10)16-14(20)12-6-7-13(19)18(2)17-12/h3-9H,1-2H3,(H,16,20). The summed E-state index contributed by atoms with van der Waals surface area (Å²) in [6.07, 6.45) is 0. The van der Waals surface area contributed by atoms with E-state index in [2.05, 4.69) is 10.4 Å². The minimum Gasteiger partial charge on any atom is -0.344 e. The number of nitrogens with zero attached hydrogens (tertiary/aromatic N) is 2. The van der Waals surface area contributed by atoms with E-state index in [0.717, 1.165) is 4.68 Å². The molecule has 104 valence electrons. The summed E-state index contributed by atoms with van der Waals surface area (Å²) in [7, 11) is 1.47. The summed E-state index contributed by atoms with van der Waals surface area (Å²) in [5.41, 5.74) is 0.498. The van der Waals surface area contributed by atoms with Crippen LogP contribution in [-0.2, 0) is 7.05 Å². The highest BCUT2D eigenvalue weighted by atomic mass is 19.1. The first-order valence-electron chi connectivity index (χ1n) is 6.08. The van der Waals surface area contributed by atoms with Gasteiger partial charge in [0, 0.05) is 13.1 Å². The van der Waals surface area contributed by atoms with Crippen LogP contribution >= 0.6 is 0 Å². The highest BCUT2D eigenvalue weighted by molar-refractivity contribution is 5.92. The molecule has 0 fully saturated rings. The van der Waals surface area contributed by atoms with Gasteiger partial charge in [-0.2, -0.15) is 5.10 Å². The van der Waals surface area contributed by atoms with Crippen LogP contribution in [0.4, 0.5) is 4.39 Å². The average Bonchev–Trinajstić information content (AvgIpc) is 2.41. The molecule has 1 aromatic heterocycles. The summed E-state index contributed by atoms with van der Waals surface area (Å²) in [6, 6.07) is 8.27. The van der Waals surface area contributed by atoms with Gasteiger partial charge in [-0.25, -0.2) is 9.07 Å². The van der Waals surface area contributed by atoms with Crippen molar-refractivity contribution >= 4 is 5.91 Å². The number of carbonyl (C=O) groups is 1. The van der Waals surface area contributed by atoms with Gasteiger partial charge in [-0.15, -0.1) is 0 Å². The maximum atomic E-state index is 13.1. The van der Waals surface area contributed by atoms with Crippen LogP contribution in [0.5, 0.6) is 0 Å². The highest BCUT2D eigenvalue weighted by Crippen LogP contribution is 2.13. The van der Waals surface area contributed by atoms with Gasteiger partial charge in [0.2, 0.25) is 0 Å². The maximum Gasteiger partial charge on any atom is 0.272 e. The Hall–Kier alpha value is -2.50. The minimum absolute atomic E-state index is 0.135. The quantitative estimate of drug-likeness (QED) is 0.921. The zero-order valence-corrected chi connectivity index (χ0v) is 11.1. The zero-order valence-electron chi connectivity index (χ0n) is 11.1. The van der Waals surface area contributed by atoms with Crippen molar-refractivity contribution in [1.82, 2.24) is 15.1 Å². The summed E-state index contributed by atoms with van der Waals surface area (Å²) < 4.78 is 14.2. The lowest BCUT2D eigenvalue weighted by atomic mass is 10.1. The number of nitrogens with one attached hydrogen (secondary N) is 1. The van der Waals surface area contributed by atoms with Crippen LogP contribution in [0, 0.1) is 5.82 Å². The van der Waals surface area contributed by atoms with E-state index in [4.69, 9.17) is 0 Å². The van der Waals surface area contributed by atoms with Crippen LogP contribution in [0.15, 0.2) is 41.2 Å². The summed E-state index contributed by atoms with van der Waals surface area (Å²) in [5, 5.41) is 6.56. The molecule has 1 unspecified atom stereocenters. The van der Waals surface area contributed by atoms with Gasteiger partial charge in [0.15, 0.2) is 0 Å². The van der Waals surface area contributed by atoms with E-state index in [0.29, 0.717) is 5.56 Å². The molecular formula is C14H14FN3O2. The van der Waals surface area contributed by atoms with Gasteiger partial charge in [-0.05, 0) is 30.7 Å². The van der Waals surface area contributed by atoms with Crippen LogP contribution in [0.3, 0.4) is 0 Å². The Labute approximate surface area is 115 Å². The molecule has 5 nitrogen and oxygen atoms in total. The molecule has 1 amide bonds. The van der Waals surface area contributed by atoms with Gasteiger partial charge < -0.3 is 5.32 Å². The van der Waals surface area contributed by atoms with Crippen LogP contribution in [0.1, 0.15) is 29.0 Å². The van der Waals surface area contributed by atoms with Crippen molar-refractivity contribution in [1.29, 1.82) is 0 Å². The number of benzene rings is 1. The normalized spacial score (nSPS) is 11.9. The Bertz CT molecular complexity index is 697. The van der Waals surface area contributed by atoms with E-state index in [9.17, 15) is 14.0 Å². The highest BCUT2D eigenvalue weighted by Gasteiger charge is 2.13. The van der Waals surface area contributed by atoms with Crippen molar-refractivity contribution in [2.24, 2.45) is 7.05 Å². The number of rotatable bonds is 3. The molecular weight excluding hydrogens is 261 g/mol. The van der Waals surface area contributed by atoms with Crippen LogP contribution in [0.25, 0.3) is 0 Å². The predicted molar refractivity (Wildman–Crippen MR) is 71.8 cm³/mol. The molecule has 2 aromatic rings. The molecule has 6 heteroatoms. The maximum absolute atomic E-state index is 13.1. The van der Waals surface area contributed by atoms with E-state index in [1.165, 1.54) is 31.3 Å². The number of aryl methyl sites for hydroxylation is 1. The van der Waals surface area contributed by atoms with Gasteiger partial charge in [-0.3, -0.25) is 9.59 Å². The second-order valence-electron chi connectivity index (χ2n) is 4.43. The third kappa shape index (κ3) is 3.09. The van der Waals surface area contributed by atoms with Crippen molar-refractivity contribution in [3.05, 3.63) is 63.8 Å². The molecule has 0 aliphatic rings. The van der Waals surface area contributed by atoms with E-state index in [-0.39, 0.29) is 23.1 Å². The second kappa shape index (κ2) is 5.64. The topological polar surface area (TPSA) is 64.0 Å². The molecule has 0 saturated carbocycles. The molecule has 0 bridgehead atoms. The van der Waals surface area contributed by atoms with E-state index in [1.807, 2.05) is 0 Å². The Morgan fingerprint density at radius 2 is 2.10 bits per heavy atom. The molecule has 0 radical (unpaired) electrons. The third-order valence-electron chi connectivity index (χ3n) is 2.89. The molecule has 20 heavy (non-hydrogen) atoms. The van der Waals surface area contributed by atoms with Crippen LogP contribution in [-0.4, -0.2) is 15.7 Å². The lowest BCUT2D eigenvalue weighted by Crippen LogP contribution is -2.30. The third-order valence-corrected chi connectivity index (χ3v) is 2.89. The monoisotopic (exact) mass is 275 g/mol. The minimum atomic E-state index is -0.419. The fourth-order valence-electron chi connectivity index (χ4n) is 1.75. The molecule has 2 rings (SSSR count). The van der Waals surface area contributed by atoms with Crippen molar-refractivity contribution < 1.29 is 9.18 Å². The van der Waals surface area contributed by atoms with Gasteiger partial charge in [0.1, 0.15) is 11.5 Å². The molecule has 1 aromatic carbocycles. The van der Waals surface area contributed by atoms with Crippen molar-refractivity contribution in [3.8, 4) is 0 Å². The average molecular weight is 275 g/mol. The fraction of sp³-hybridized carbons (Fsp3) is 0.214. The molecule has 0 saturated heterocycles. The Morgan fingerprint density at radius 3 is 2.75 bits per heavy atom. The summed E-state index contributed by atoms with van der Waals surface area (Å²) in [4.78, 5) is 23.2. The summed E-state index contributed by atoms with van der Waals surface area (Å²) in [5.74, 6) is -0.777. The number of hydrogen-bond donors (Lipinski definition) is 1. The van der Waals surface area contributed by atoms with Crippen LogP contribution in [0.2, 0.25) is 0 Å². The largest absolute Gasteiger partial charge is 0.344 e. The Balaban J connectivity index is 2.15. The van der Waals surface area contributed by atoms with Crippen molar-refractivity contribution in [2.75, 3.05) is 0 Å². The summed E-state index contributed by atoms with van der Waals surface area (Å²) >= 11 is 0. The van der Waals surface area contributed by atoms with E-state index < -0.39 is 5.91 Å². The first-order chi connectivity index (χ1) is 9.47. The predicted octanol–water partition coefficient (Wildman–Crippen LogP) is 1.41. The van der Waals surface area contributed by atoms with E-state index in [1.54, 1.807) is 19.1 Å². The smallest absolute Gasteiger partial charge is 0.272 e. The molecule has 0 aliphatic heterocycles. The summed E-state index contributed by atoms with van der Waals surface area (Å²) in [6.45, 7) is 1.74. The zero-order chi connectivity index (χ0) is 14.7. The van der Waals surface area contributed by atoms with Crippen molar-refractivity contribution in [2.45, 2.75) is 13.0 Å². The van der Waals surface area contributed by atoms with Gasteiger partial charge in [0.05, 0.1) is 6.04 Å². The Morgan fingerprint density at radius 1 is 1.35 bits per heavy atom. The first kappa shape index (κ1) is 13.9. The molecule has 1 atom stereocenters. The molecule has 1 N–H and O–H groups in total. The fourth-order valence-corrected chi connectivity index (χ4v) is 1.75. The van der Waals surface area contributed by atoms with Gasteiger partial charge in [0.25, 0.3) is 11.5 Å². The molecule has 0 aliphatic carbocycles. The lowest BCUT2D eigenvalue weighted by Gasteiger charge is -2.14. The van der Waals surface area contributed by atoms with Gasteiger partial charge >= 0.3 is 0 Å². The van der Waals surface area contributed by atoms with E-state index >= 15 is 0 Å². The van der Waals surface area contributed by atoms with Crippen molar-refractivity contribution in [3.63, 3.8) is 0 Å². The molecule has 1 heterocycles. The van der Waals surface area contributed by atoms with Gasteiger partial charge in [-0.1, -0.05) is 12.1 Å². The SMILES string of the molecule is CC(NC(=O)c1ccc(=O)n(C)n1)c1cccc(F)c1. The first-order valence-corrected chi connectivity index (χ1v) is 6.08. The van der Waals surface area contributed by atoms with Crippen LogP contribution < -0.4 is 10.9 Å². The Kier molecular flexibility index (Phi) is 3.93. The number of amides is 1.